The van der Waals surface area contributed by atoms with Crippen LogP contribution in [-0.2, 0) is 7.05 Å². The Labute approximate surface area is 89.1 Å². The molecular formula is C10H17N3S. The van der Waals surface area contributed by atoms with Gasteiger partial charge in [-0.1, -0.05) is 24.6 Å². The van der Waals surface area contributed by atoms with Crippen molar-refractivity contribution in [1.29, 1.82) is 0 Å². The van der Waals surface area contributed by atoms with Crippen molar-refractivity contribution >= 4 is 11.8 Å². The summed E-state index contributed by atoms with van der Waals surface area (Å²) in [6.45, 7) is 0.768. The van der Waals surface area contributed by atoms with E-state index in [2.05, 4.69) is 9.55 Å². The number of nitrogens with two attached hydrogens (primary N) is 1. The Morgan fingerprint density at radius 3 is 2.79 bits per heavy atom. The average Bonchev–Trinajstić information content (AvgIpc) is 2.79. The second-order valence-electron chi connectivity index (χ2n) is 4.02. The fraction of sp³-hybridized carbons (Fsp3) is 0.700. The van der Waals surface area contributed by atoms with Crippen molar-refractivity contribution in [3.8, 4) is 0 Å². The molecule has 1 aromatic heterocycles. The zero-order valence-electron chi connectivity index (χ0n) is 8.57. The van der Waals surface area contributed by atoms with Crippen LogP contribution in [0.15, 0.2) is 17.6 Å². The van der Waals surface area contributed by atoms with Gasteiger partial charge in [0.05, 0.1) is 0 Å². The molecule has 1 aliphatic rings. The molecule has 0 saturated heterocycles. The molecule has 0 aliphatic heterocycles. The van der Waals surface area contributed by atoms with Crippen molar-refractivity contribution in [2.75, 3.05) is 6.54 Å². The molecule has 78 valence electrons. The summed E-state index contributed by atoms with van der Waals surface area (Å²) in [4.78, 5) is 4.34. The van der Waals surface area contributed by atoms with Gasteiger partial charge in [-0.25, -0.2) is 4.98 Å². The molecule has 0 unspecified atom stereocenters. The normalized spacial score (nSPS) is 20.1. The molecule has 1 heterocycles. The molecule has 1 fully saturated rings. The van der Waals surface area contributed by atoms with Gasteiger partial charge in [-0.05, 0) is 12.8 Å². The molecule has 0 bridgehead atoms. The van der Waals surface area contributed by atoms with Gasteiger partial charge in [-0.2, -0.15) is 0 Å². The standard InChI is InChI=1S/C10H17N3S/c1-13-7-6-12-9(13)14-10(8-11)4-2-3-5-10/h6-7H,2-5,8,11H2,1H3. The fourth-order valence-electron chi connectivity index (χ4n) is 2.01. The molecule has 0 atom stereocenters. The van der Waals surface area contributed by atoms with Crippen LogP contribution in [0.3, 0.4) is 0 Å². The lowest BCUT2D eigenvalue weighted by Gasteiger charge is -2.25. The second-order valence-corrected chi connectivity index (χ2v) is 5.45. The van der Waals surface area contributed by atoms with Gasteiger partial charge in [0.1, 0.15) is 0 Å². The van der Waals surface area contributed by atoms with E-state index in [0.717, 1.165) is 11.7 Å². The van der Waals surface area contributed by atoms with Gasteiger partial charge < -0.3 is 10.3 Å². The van der Waals surface area contributed by atoms with E-state index in [1.165, 1.54) is 25.7 Å². The van der Waals surface area contributed by atoms with E-state index in [1.807, 2.05) is 31.2 Å². The molecule has 0 amide bonds. The maximum Gasteiger partial charge on any atom is 0.168 e. The fourth-order valence-corrected chi connectivity index (χ4v) is 3.29. The minimum Gasteiger partial charge on any atom is -0.329 e. The SMILES string of the molecule is Cn1ccnc1SC1(CN)CCCC1. The number of aromatic nitrogens is 2. The number of imidazole rings is 1. The van der Waals surface area contributed by atoms with E-state index in [0.29, 0.717) is 0 Å². The lowest BCUT2D eigenvalue weighted by atomic mass is 10.1. The van der Waals surface area contributed by atoms with Crippen LogP contribution < -0.4 is 5.73 Å². The first-order chi connectivity index (χ1) is 6.76. The van der Waals surface area contributed by atoms with Crippen LogP contribution in [-0.4, -0.2) is 20.8 Å². The van der Waals surface area contributed by atoms with Crippen LogP contribution in [0.2, 0.25) is 0 Å². The first-order valence-electron chi connectivity index (χ1n) is 5.12. The minimum absolute atomic E-state index is 0.263. The maximum atomic E-state index is 5.88. The first-order valence-corrected chi connectivity index (χ1v) is 5.94. The van der Waals surface area contributed by atoms with Crippen molar-refractivity contribution in [3.05, 3.63) is 12.4 Å². The van der Waals surface area contributed by atoms with Crippen molar-refractivity contribution in [2.45, 2.75) is 35.6 Å². The smallest absolute Gasteiger partial charge is 0.168 e. The Kier molecular flexibility index (Phi) is 2.83. The third-order valence-corrected chi connectivity index (χ3v) is 4.56. The predicted molar refractivity (Wildman–Crippen MR) is 59.3 cm³/mol. The molecule has 3 nitrogen and oxygen atoms in total. The summed E-state index contributed by atoms with van der Waals surface area (Å²) in [5, 5.41) is 1.09. The largest absolute Gasteiger partial charge is 0.329 e. The number of hydrogen-bond donors (Lipinski definition) is 1. The summed E-state index contributed by atoms with van der Waals surface area (Å²) in [6.07, 6.45) is 8.94. The van der Waals surface area contributed by atoms with E-state index in [-0.39, 0.29) is 4.75 Å². The maximum absolute atomic E-state index is 5.88. The van der Waals surface area contributed by atoms with E-state index in [1.54, 1.807) is 0 Å². The summed E-state index contributed by atoms with van der Waals surface area (Å²) in [7, 11) is 2.04. The average molecular weight is 211 g/mol. The van der Waals surface area contributed by atoms with Gasteiger partial charge in [-0.3, -0.25) is 0 Å². The third kappa shape index (κ3) is 1.81. The highest BCUT2D eigenvalue weighted by Crippen LogP contribution is 2.43. The van der Waals surface area contributed by atoms with Crippen LogP contribution >= 0.6 is 11.8 Å². The quantitative estimate of drug-likeness (QED) is 0.829. The molecule has 4 heteroatoms. The molecule has 1 aliphatic carbocycles. The molecule has 0 radical (unpaired) electrons. The lowest BCUT2D eigenvalue weighted by Crippen LogP contribution is -2.31. The highest BCUT2D eigenvalue weighted by Gasteiger charge is 2.34. The van der Waals surface area contributed by atoms with E-state index < -0.39 is 0 Å². The minimum atomic E-state index is 0.263. The topological polar surface area (TPSA) is 43.8 Å². The third-order valence-electron chi connectivity index (χ3n) is 2.97. The predicted octanol–water partition coefficient (Wildman–Crippen LogP) is 1.78. The molecule has 2 N–H and O–H groups in total. The van der Waals surface area contributed by atoms with Gasteiger partial charge in [0, 0.05) is 30.7 Å². The molecule has 2 rings (SSSR count). The number of thioether (sulfide) groups is 1. The molecule has 0 spiro atoms. The zero-order chi connectivity index (χ0) is 10.0. The molecule has 0 aromatic carbocycles. The van der Waals surface area contributed by atoms with E-state index in [4.69, 9.17) is 5.73 Å². The highest BCUT2D eigenvalue weighted by molar-refractivity contribution is 8.00. The van der Waals surface area contributed by atoms with Crippen LogP contribution in [0.1, 0.15) is 25.7 Å². The Balaban J connectivity index is 2.12. The number of rotatable bonds is 3. The summed E-state index contributed by atoms with van der Waals surface area (Å²) >= 11 is 1.86. The Morgan fingerprint density at radius 2 is 2.29 bits per heavy atom. The highest BCUT2D eigenvalue weighted by atomic mass is 32.2. The van der Waals surface area contributed by atoms with Crippen molar-refractivity contribution in [3.63, 3.8) is 0 Å². The molecule has 1 aromatic rings. The van der Waals surface area contributed by atoms with Crippen LogP contribution in [0.25, 0.3) is 0 Å². The van der Waals surface area contributed by atoms with Gasteiger partial charge >= 0.3 is 0 Å². The Hall–Kier alpha value is -0.480. The van der Waals surface area contributed by atoms with Crippen LogP contribution in [0.5, 0.6) is 0 Å². The number of aryl methyl sites for hydroxylation is 1. The monoisotopic (exact) mass is 211 g/mol. The Morgan fingerprint density at radius 1 is 1.57 bits per heavy atom. The molecule has 1 saturated carbocycles. The molecular weight excluding hydrogens is 194 g/mol. The van der Waals surface area contributed by atoms with Crippen molar-refractivity contribution in [1.82, 2.24) is 9.55 Å². The van der Waals surface area contributed by atoms with Crippen molar-refractivity contribution in [2.24, 2.45) is 12.8 Å². The van der Waals surface area contributed by atoms with Crippen LogP contribution in [0, 0.1) is 0 Å². The Bertz CT molecular complexity index is 302. The summed E-state index contributed by atoms with van der Waals surface area (Å²) < 4.78 is 2.33. The van der Waals surface area contributed by atoms with Crippen LogP contribution in [0.4, 0.5) is 0 Å². The lowest BCUT2D eigenvalue weighted by molar-refractivity contribution is 0.612. The summed E-state index contributed by atoms with van der Waals surface area (Å²) in [5.41, 5.74) is 5.88. The first kappa shape index (κ1) is 10.1. The van der Waals surface area contributed by atoms with Gasteiger partial charge in [0.2, 0.25) is 0 Å². The molecule has 14 heavy (non-hydrogen) atoms. The van der Waals surface area contributed by atoms with Gasteiger partial charge in [-0.15, -0.1) is 0 Å². The number of hydrogen-bond acceptors (Lipinski definition) is 3. The van der Waals surface area contributed by atoms with E-state index in [9.17, 15) is 0 Å². The summed E-state index contributed by atoms with van der Waals surface area (Å²) in [6, 6.07) is 0. The summed E-state index contributed by atoms with van der Waals surface area (Å²) in [5.74, 6) is 0. The van der Waals surface area contributed by atoms with E-state index >= 15 is 0 Å². The van der Waals surface area contributed by atoms with Gasteiger partial charge in [0.25, 0.3) is 0 Å². The van der Waals surface area contributed by atoms with Crippen molar-refractivity contribution < 1.29 is 0 Å². The second kappa shape index (κ2) is 3.95. The van der Waals surface area contributed by atoms with Gasteiger partial charge in [0.15, 0.2) is 5.16 Å². The zero-order valence-corrected chi connectivity index (χ0v) is 9.39. The number of nitrogens with zero attached hydrogens (tertiary/aromatic N) is 2.